The highest BCUT2D eigenvalue weighted by Crippen LogP contribution is 2.44. The summed E-state index contributed by atoms with van der Waals surface area (Å²) in [6, 6.07) is 15.2. The predicted molar refractivity (Wildman–Crippen MR) is 116 cm³/mol. The second-order valence-corrected chi connectivity index (χ2v) is 7.90. The Hall–Kier alpha value is -3.00. The average Bonchev–Trinajstić information content (AvgIpc) is 3.07. The van der Waals surface area contributed by atoms with Crippen LogP contribution in [-0.2, 0) is 14.3 Å². The van der Waals surface area contributed by atoms with E-state index in [9.17, 15) is 14.4 Å². The van der Waals surface area contributed by atoms with Gasteiger partial charge < -0.3 is 20.5 Å². The molecule has 1 unspecified atom stereocenters. The number of carboxylic acids is 1. The molecule has 0 saturated carbocycles. The molecule has 0 saturated heterocycles. The van der Waals surface area contributed by atoms with Gasteiger partial charge in [0.05, 0.1) is 0 Å². The van der Waals surface area contributed by atoms with Gasteiger partial charge in [0.1, 0.15) is 19.2 Å². The van der Waals surface area contributed by atoms with E-state index in [0.717, 1.165) is 22.3 Å². The monoisotopic (exact) mass is 428 g/mol. The summed E-state index contributed by atoms with van der Waals surface area (Å²) in [7, 11) is 0. The van der Waals surface area contributed by atoms with Crippen LogP contribution in [0.1, 0.15) is 23.5 Å². The molecule has 1 aliphatic carbocycles. The number of thioether (sulfide) groups is 1. The van der Waals surface area contributed by atoms with Crippen LogP contribution in [0, 0.1) is 0 Å². The van der Waals surface area contributed by atoms with E-state index in [4.69, 9.17) is 9.84 Å². The fourth-order valence-corrected chi connectivity index (χ4v) is 4.04. The number of hydrogen-bond acceptors (Lipinski definition) is 5. The Morgan fingerprint density at radius 1 is 1.07 bits per heavy atom. The van der Waals surface area contributed by atoms with E-state index in [2.05, 4.69) is 22.8 Å². The summed E-state index contributed by atoms with van der Waals surface area (Å²) in [5.74, 6) is -1.13. The lowest BCUT2D eigenvalue weighted by atomic mass is 9.98. The minimum absolute atomic E-state index is 0.0753. The van der Waals surface area contributed by atoms with Gasteiger partial charge in [0.15, 0.2) is 0 Å². The van der Waals surface area contributed by atoms with Gasteiger partial charge in [0, 0.05) is 5.92 Å². The van der Waals surface area contributed by atoms with Crippen molar-refractivity contribution in [1.29, 1.82) is 0 Å². The zero-order valence-corrected chi connectivity index (χ0v) is 17.4. The maximum Gasteiger partial charge on any atom is 0.407 e. The van der Waals surface area contributed by atoms with Crippen molar-refractivity contribution < 1.29 is 24.2 Å². The number of carboxylic acid groups (broad SMARTS) is 1. The van der Waals surface area contributed by atoms with E-state index in [-0.39, 0.29) is 12.5 Å². The van der Waals surface area contributed by atoms with Gasteiger partial charge in [-0.25, -0.2) is 4.79 Å². The zero-order chi connectivity index (χ0) is 21.5. The van der Waals surface area contributed by atoms with Crippen molar-refractivity contribution in [1.82, 2.24) is 10.6 Å². The number of alkyl carbamates (subject to hydrolysis) is 1. The number of nitrogens with one attached hydrogen (secondary N) is 2. The Kier molecular flexibility index (Phi) is 7.35. The molecule has 1 atom stereocenters. The number of rotatable bonds is 9. The maximum absolute atomic E-state index is 12.4. The van der Waals surface area contributed by atoms with Crippen molar-refractivity contribution >= 4 is 29.7 Å². The lowest BCUT2D eigenvalue weighted by Crippen LogP contribution is -2.48. The van der Waals surface area contributed by atoms with Gasteiger partial charge in [-0.05, 0) is 40.7 Å². The average molecular weight is 429 g/mol. The van der Waals surface area contributed by atoms with E-state index < -0.39 is 30.6 Å². The third-order valence-corrected chi connectivity index (χ3v) is 5.62. The topological polar surface area (TPSA) is 105 Å². The van der Waals surface area contributed by atoms with Crippen LogP contribution in [0.2, 0.25) is 0 Å². The third-order valence-electron chi connectivity index (χ3n) is 4.98. The first-order valence-electron chi connectivity index (χ1n) is 9.61. The Bertz CT molecular complexity index is 888. The van der Waals surface area contributed by atoms with Crippen molar-refractivity contribution in [3.8, 4) is 11.1 Å². The molecule has 3 N–H and O–H groups in total. The number of carbonyl (C=O) groups is 3. The number of ether oxygens (including phenoxy) is 1. The number of fused-ring (bicyclic) bond motifs is 3. The Morgan fingerprint density at radius 2 is 1.67 bits per heavy atom. The molecule has 3 rings (SSSR count). The molecular weight excluding hydrogens is 404 g/mol. The van der Waals surface area contributed by atoms with Gasteiger partial charge in [0.25, 0.3) is 0 Å². The lowest BCUT2D eigenvalue weighted by molar-refractivity contribution is -0.138. The number of amides is 2. The molecule has 2 aromatic rings. The predicted octanol–water partition coefficient (Wildman–Crippen LogP) is 2.85. The van der Waals surface area contributed by atoms with Gasteiger partial charge in [-0.2, -0.15) is 11.8 Å². The summed E-state index contributed by atoms with van der Waals surface area (Å²) >= 11 is 1.53. The first-order valence-corrected chi connectivity index (χ1v) is 11.0. The van der Waals surface area contributed by atoms with Crippen LogP contribution in [0.5, 0.6) is 0 Å². The highest BCUT2D eigenvalue weighted by atomic mass is 32.2. The first-order chi connectivity index (χ1) is 14.5. The SMILES string of the molecule is CSCCC(NC(=O)OCC1c2ccccc2-c2ccccc21)C(=O)NCC(=O)O. The molecule has 2 amide bonds. The van der Waals surface area contributed by atoms with Crippen molar-refractivity contribution in [2.24, 2.45) is 0 Å². The minimum atomic E-state index is -1.15. The summed E-state index contributed by atoms with van der Waals surface area (Å²) in [5.41, 5.74) is 4.47. The highest BCUT2D eigenvalue weighted by molar-refractivity contribution is 7.98. The first kappa shape index (κ1) is 21.7. The lowest BCUT2D eigenvalue weighted by Gasteiger charge is -2.19. The summed E-state index contributed by atoms with van der Waals surface area (Å²) in [5, 5.41) is 13.6. The summed E-state index contributed by atoms with van der Waals surface area (Å²) in [6.45, 7) is -0.354. The smallest absolute Gasteiger partial charge is 0.407 e. The number of benzene rings is 2. The van der Waals surface area contributed by atoms with Crippen LogP contribution in [0.3, 0.4) is 0 Å². The van der Waals surface area contributed by atoms with E-state index in [0.29, 0.717) is 12.2 Å². The van der Waals surface area contributed by atoms with Crippen LogP contribution in [0.15, 0.2) is 48.5 Å². The van der Waals surface area contributed by atoms with Crippen molar-refractivity contribution in [2.45, 2.75) is 18.4 Å². The van der Waals surface area contributed by atoms with Gasteiger partial charge in [0.2, 0.25) is 5.91 Å². The fraction of sp³-hybridized carbons (Fsp3) is 0.318. The molecule has 7 nitrogen and oxygen atoms in total. The van der Waals surface area contributed by atoms with E-state index in [1.54, 1.807) is 0 Å². The Balaban J connectivity index is 1.64. The van der Waals surface area contributed by atoms with Crippen LogP contribution in [-0.4, -0.2) is 54.3 Å². The van der Waals surface area contributed by atoms with E-state index in [1.807, 2.05) is 42.7 Å². The molecule has 8 heteroatoms. The van der Waals surface area contributed by atoms with Gasteiger partial charge in [-0.15, -0.1) is 0 Å². The van der Waals surface area contributed by atoms with Crippen molar-refractivity contribution in [3.05, 3.63) is 59.7 Å². The molecule has 2 aromatic carbocycles. The molecule has 0 radical (unpaired) electrons. The van der Waals surface area contributed by atoms with Crippen molar-refractivity contribution in [3.63, 3.8) is 0 Å². The molecule has 1 aliphatic rings. The molecular formula is C22H24N2O5S. The fourth-order valence-electron chi connectivity index (χ4n) is 3.57. The molecule has 0 spiro atoms. The molecule has 0 aromatic heterocycles. The van der Waals surface area contributed by atoms with Crippen molar-refractivity contribution in [2.75, 3.05) is 25.2 Å². The number of carbonyl (C=O) groups excluding carboxylic acids is 2. The summed E-state index contributed by atoms with van der Waals surface area (Å²) in [4.78, 5) is 35.3. The van der Waals surface area contributed by atoms with Crippen LogP contribution >= 0.6 is 11.8 Å². The standard InChI is InChI=1S/C22H24N2O5S/c1-30-11-10-19(21(27)23-12-20(25)26)24-22(28)29-13-18-16-8-4-2-6-14(16)15-7-3-5-9-17(15)18/h2-9,18-19H,10-13H2,1H3,(H,23,27)(H,24,28)(H,25,26). The van der Waals surface area contributed by atoms with Crippen LogP contribution in [0.4, 0.5) is 4.79 Å². The Morgan fingerprint density at radius 3 is 2.23 bits per heavy atom. The number of hydrogen-bond donors (Lipinski definition) is 3. The molecule has 0 bridgehead atoms. The van der Waals surface area contributed by atoms with Crippen LogP contribution in [0.25, 0.3) is 11.1 Å². The quantitative estimate of drug-likeness (QED) is 0.567. The molecule has 0 fully saturated rings. The molecule has 30 heavy (non-hydrogen) atoms. The zero-order valence-electron chi connectivity index (χ0n) is 16.6. The Labute approximate surface area is 179 Å². The second-order valence-electron chi connectivity index (χ2n) is 6.92. The second kappa shape index (κ2) is 10.2. The highest BCUT2D eigenvalue weighted by Gasteiger charge is 2.29. The molecule has 0 heterocycles. The number of aliphatic carboxylic acids is 1. The van der Waals surface area contributed by atoms with Crippen LogP contribution < -0.4 is 10.6 Å². The molecule has 158 valence electrons. The minimum Gasteiger partial charge on any atom is -0.480 e. The van der Waals surface area contributed by atoms with E-state index in [1.165, 1.54) is 11.8 Å². The maximum atomic E-state index is 12.4. The summed E-state index contributed by atoms with van der Waals surface area (Å²) < 4.78 is 5.47. The van der Waals surface area contributed by atoms with E-state index >= 15 is 0 Å². The van der Waals surface area contributed by atoms with Gasteiger partial charge in [-0.1, -0.05) is 48.5 Å². The third kappa shape index (κ3) is 5.13. The van der Waals surface area contributed by atoms with Gasteiger partial charge in [-0.3, -0.25) is 9.59 Å². The van der Waals surface area contributed by atoms with Gasteiger partial charge >= 0.3 is 12.1 Å². The molecule has 0 aliphatic heterocycles. The largest absolute Gasteiger partial charge is 0.480 e. The normalized spacial score (nSPS) is 13.1. The summed E-state index contributed by atoms with van der Waals surface area (Å²) in [6.07, 6.45) is 1.56.